The Kier molecular flexibility index (Phi) is 2.77. The highest BCUT2D eigenvalue weighted by atomic mass is 16.4. The van der Waals surface area contributed by atoms with E-state index in [1.54, 1.807) is 0 Å². The number of anilines is 1. The second kappa shape index (κ2) is 4.77. The molecule has 0 saturated heterocycles. The third-order valence-electron chi connectivity index (χ3n) is 3.97. The van der Waals surface area contributed by atoms with Crippen molar-refractivity contribution in [3.05, 3.63) is 53.7 Å². The van der Waals surface area contributed by atoms with Gasteiger partial charge >= 0.3 is 6.01 Å². The zero-order valence-corrected chi connectivity index (χ0v) is 11.8. The Hall–Kier alpha value is -2.56. The van der Waals surface area contributed by atoms with Crippen molar-refractivity contribution >= 4 is 6.01 Å². The van der Waals surface area contributed by atoms with Gasteiger partial charge in [-0.3, -0.25) is 0 Å². The summed E-state index contributed by atoms with van der Waals surface area (Å²) in [5, 5.41) is 11.5. The van der Waals surface area contributed by atoms with Crippen molar-refractivity contribution in [1.29, 1.82) is 0 Å². The fraction of sp³-hybridized carbons (Fsp3) is 0.250. The fourth-order valence-electron chi connectivity index (χ4n) is 2.90. The maximum atomic E-state index is 5.72. The Morgan fingerprint density at radius 1 is 1.10 bits per heavy atom. The molecule has 0 fully saturated rings. The van der Waals surface area contributed by atoms with Crippen molar-refractivity contribution in [1.82, 2.24) is 14.8 Å². The van der Waals surface area contributed by atoms with Crippen LogP contribution in [0.5, 0.6) is 0 Å². The van der Waals surface area contributed by atoms with E-state index in [1.165, 1.54) is 11.1 Å². The zero-order valence-electron chi connectivity index (χ0n) is 11.8. The van der Waals surface area contributed by atoms with E-state index >= 15 is 0 Å². The van der Waals surface area contributed by atoms with Gasteiger partial charge in [0.25, 0.3) is 5.89 Å². The van der Waals surface area contributed by atoms with Crippen molar-refractivity contribution in [2.75, 3.05) is 5.32 Å². The van der Waals surface area contributed by atoms with Gasteiger partial charge in [-0.05, 0) is 36.1 Å². The number of hydrogen-bond acceptors (Lipinski definition) is 4. The molecule has 5 nitrogen and oxygen atoms in total. The SMILES string of the molecule is Cn1cccc1-c1nnc(NC2Cc3ccccc3C2)o1. The minimum atomic E-state index is 0.323. The summed E-state index contributed by atoms with van der Waals surface area (Å²) in [4.78, 5) is 0. The molecule has 0 bridgehead atoms. The number of aryl methyl sites for hydroxylation is 1. The van der Waals surface area contributed by atoms with E-state index in [-0.39, 0.29) is 0 Å². The van der Waals surface area contributed by atoms with Crippen molar-refractivity contribution in [2.45, 2.75) is 18.9 Å². The Labute approximate surface area is 122 Å². The van der Waals surface area contributed by atoms with Crippen LogP contribution in [0.3, 0.4) is 0 Å². The zero-order chi connectivity index (χ0) is 14.2. The standard InChI is InChI=1S/C16H16N4O/c1-20-8-4-7-14(20)15-18-19-16(21-15)17-13-9-11-5-2-3-6-12(11)10-13/h2-8,13H,9-10H2,1H3,(H,17,19). The van der Waals surface area contributed by atoms with Gasteiger partial charge in [0, 0.05) is 19.3 Å². The summed E-state index contributed by atoms with van der Waals surface area (Å²) in [7, 11) is 1.96. The van der Waals surface area contributed by atoms with E-state index in [9.17, 15) is 0 Å². The first-order valence-electron chi connectivity index (χ1n) is 7.08. The average Bonchev–Trinajstić information content (AvgIpc) is 3.17. The highest BCUT2D eigenvalue weighted by Gasteiger charge is 2.22. The van der Waals surface area contributed by atoms with E-state index in [0.717, 1.165) is 18.5 Å². The second-order valence-corrected chi connectivity index (χ2v) is 5.43. The molecule has 0 amide bonds. The molecule has 0 atom stereocenters. The second-order valence-electron chi connectivity index (χ2n) is 5.43. The van der Waals surface area contributed by atoms with E-state index in [4.69, 9.17) is 4.42 Å². The monoisotopic (exact) mass is 280 g/mol. The lowest BCUT2D eigenvalue weighted by atomic mass is 10.1. The fourth-order valence-corrected chi connectivity index (χ4v) is 2.90. The molecule has 21 heavy (non-hydrogen) atoms. The lowest BCUT2D eigenvalue weighted by molar-refractivity contribution is 0.563. The number of rotatable bonds is 3. The maximum absolute atomic E-state index is 5.72. The van der Waals surface area contributed by atoms with Gasteiger partial charge in [0.05, 0.1) is 0 Å². The molecule has 3 aromatic rings. The first-order chi connectivity index (χ1) is 10.3. The van der Waals surface area contributed by atoms with Crippen molar-refractivity contribution in [2.24, 2.45) is 7.05 Å². The van der Waals surface area contributed by atoms with Crippen molar-refractivity contribution in [3.8, 4) is 11.6 Å². The van der Waals surface area contributed by atoms with Gasteiger partial charge in [-0.25, -0.2) is 0 Å². The van der Waals surface area contributed by atoms with Gasteiger partial charge in [0.2, 0.25) is 0 Å². The van der Waals surface area contributed by atoms with Crippen LogP contribution in [0.4, 0.5) is 6.01 Å². The number of aromatic nitrogens is 3. The molecule has 0 radical (unpaired) electrons. The third kappa shape index (κ3) is 2.20. The molecule has 1 aliphatic rings. The molecule has 4 rings (SSSR count). The van der Waals surface area contributed by atoms with Gasteiger partial charge in [-0.1, -0.05) is 29.4 Å². The van der Waals surface area contributed by atoms with Crippen LogP contribution in [0.25, 0.3) is 11.6 Å². The molecule has 5 heteroatoms. The Bertz CT molecular complexity index is 749. The largest absolute Gasteiger partial charge is 0.402 e. The van der Waals surface area contributed by atoms with Crippen molar-refractivity contribution in [3.63, 3.8) is 0 Å². The molecule has 1 aliphatic carbocycles. The van der Waals surface area contributed by atoms with Crippen LogP contribution in [0.2, 0.25) is 0 Å². The maximum Gasteiger partial charge on any atom is 0.316 e. The van der Waals surface area contributed by atoms with E-state index in [1.807, 2.05) is 29.9 Å². The van der Waals surface area contributed by atoms with Crippen LogP contribution in [-0.4, -0.2) is 20.8 Å². The van der Waals surface area contributed by atoms with Crippen LogP contribution in [0.15, 0.2) is 47.0 Å². The molecule has 0 saturated carbocycles. The van der Waals surface area contributed by atoms with Crippen LogP contribution < -0.4 is 5.32 Å². The molecule has 1 aromatic carbocycles. The van der Waals surface area contributed by atoms with Gasteiger partial charge in [-0.15, -0.1) is 5.10 Å². The topological polar surface area (TPSA) is 55.9 Å². The summed E-state index contributed by atoms with van der Waals surface area (Å²) in [6.07, 6.45) is 3.95. The first-order valence-corrected chi connectivity index (χ1v) is 7.08. The molecule has 2 aromatic heterocycles. The molecule has 0 spiro atoms. The smallest absolute Gasteiger partial charge is 0.316 e. The van der Waals surface area contributed by atoms with E-state index in [0.29, 0.717) is 17.9 Å². The molecule has 0 unspecified atom stereocenters. The quantitative estimate of drug-likeness (QED) is 0.801. The van der Waals surface area contributed by atoms with Gasteiger partial charge in [0.1, 0.15) is 5.69 Å². The normalized spacial score (nSPS) is 14.3. The number of nitrogens with zero attached hydrogens (tertiary/aromatic N) is 3. The predicted octanol–water partition coefficient (Wildman–Crippen LogP) is 2.65. The van der Waals surface area contributed by atoms with E-state index < -0.39 is 0 Å². The first kappa shape index (κ1) is 12.2. The molecule has 1 N–H and O–H groups in total. The van der Waals surface area contributed by atoms with Gasteiger partial charge in [-0.2, -0.15) is 0 Å². The molecule has 0 aliphatic heterocycles. The minimum absolute atomic E-state index is 0.323. The van der Waals surface area contributed by atoms with Crippen molar-refractivity contribution < 1.29 is 4.42 Å². The lowest BCUT2D eigenvalue weighted by Crippen LogP contribution is -2.19. The van der Waals surface area contributed by atoms with Crippen LogP contribution in [-0.2, 0) is 19.9 Å². The summed E-state index contributed by atoms with van der Waals surface area (Å²) in [6, 6.07) is 13.3. The summed E-state index contributed by atoms with van der Waals surface area (Å²) in [6.45, 7) is 0. The minimum Gasteiger partial charge on any atom is -0.402 e. The average molecular weight is 280 g/mol. The summed E-state index contributed by atoms with van der Waals surface area (Å²) >= 11 is 0. The van der Waals surface area contributed by atoms with E-state index in [2.05, 4.69) is 39.8 Å². The number of nitrogens with one attached hydrogen (secondary N) is 1. The van der Waals surface area contributed by atoms with Crippen LogP contribution >= 0.6 is 0 Å². The lowest BCUT2D eigenvalue weighted by Gasteiger charge is -2.08. The number of fused-ring (bicyclic) bond motifs is 1. The Morgan fingerprint density at radius 2 is 1.86 bits per heavy atom. The molecular weight excluding hydrogens is 264 g/mol. The predicted molar refractivity (Wildman–Crippen MR) is 80.0 cm³/mol. The number of benzene rings is 1. The summed E-state index contributed by atoms with van der Waals surface area (Å²) < 4.78 is 7.68. The highest BCUT2D eigenvalue weighted by molar-refractivity contribution is 5.49. The van der Waals surface area contributed by atoms with Gasteiger partial charge < -0.3 is 14.3 Å². The highest BCUT2D eigenvalue weighted by Crippen LogP contribution is 2.25. The molecule has 106 valence electrons. The van der Waals surface area contributed by atoms with Crippen LogP contribution in [0, 0.1) is 0 Å². The summed E-state index contributed by atoms with van der Waals surface area (Å²) in [5.74, 6) is 0.542. The Balaban J connectivity index is 1.50. The third-order valence-corrected chi connectivity index (χ3v) is 3.97. The summed E-state index contributed by atoms with van der Waals surface area (Å²) in [5.41, 5.74) is 3.72. The number of hydrogen-bond donors (Lipinski definition) is 1. The van der Waals surface area contributed by atoms with Crippen LogP contribution in [0.1, 0.15) is 11.1 Å². The molecule has 2 heterocycles. The molecular formula is C16H16N4O. The van der Waals surface area contributed by atoms with Gasteiger partial charge in [0.15, 0.2) is 0 Å². The Morgan fingerprint density at radius 3 is 2.52 bits per heavy atom.